The fraction of sp³-hybridized carbons (Fsp3) is 0.364. The zero-order chi connectivity index (χ0) is 12.2. The van der Waals surface area contributed by atoms with Crippen LogP contribution in [-0.2, 0) is 9.53 Å². The average Bonchev–Trinajstić information content (AvgIpc) is 2.29. The highest BCUT2D eigenvalue weighted by Gasteiger charge is 2.48. The first kappa shape index (κ1) is 12.9. The first-order valence-electron chi connectivity index (χ1n) is 4.74. The molecule has 5 heteroatoms. The first-order valence-corrected chi connectivity index (χ1v) is 5.17. The van der Waals surface area contributed by atoms with E-state index in [9.17, 15) is 13.6 Å². The molecule has 1 aromatic rings. The number of carbonyl (C=O) groups excluding carboxylic acids is 1. The molecule has 0 aliphatic rings. The van der Waals surface area contributed by atoms with Gasteiger partial charge in [-0.1, -0.05) is 30.3 Å². The first-order chi connectivity index (χ1) is 7.50. The van der Waals surface area contributed by atoms with Gasteiger partial charge in [0.25, 0.3) is 0 Å². The molecule has 0 amide bonds. The van der Waals surface area contributed by atoms with Crippen molar-refractivity contribution in [1.82, 2.24) is 0 Å². The second kappa shape index (κ2) is 5.25. The lowest BCUT2D eigenvalue weighted by Gasteiger charge is -2.20. The van der Waals surface area contributed by atoms with E-state index in [4.69, 9.17) is 11.6 Å². The van der Waals surface area contributed by atoms with E-state index in [-0.39, 0.29) is 12.2 Å². The highest BCUT2D eigenvalue weighted by molar-refractivity contribution is 6.23. The Balaban J connectivity index is 2.87. The van der Waals surface area contributed by atoms with Gasteiger partial charge in [-0.25, -0.2) is 4.79 Å². The Kier molecular flexibility index (Phi) is 4.24. The summed E-state index contributed by atoms with van der Waals surface area (Å²) in [5.74, 6) is -5.32. The van der Waals surface area contributed by atoms with Crippen LogP contribution in [0.1, 0.15) is 17.9 Å². The largest absolute Gasteiger partial charge is 0.462 e. The van der Waals surface area contributed by atoms with Gasteiger partial charge in [0.1, 0.15) is 5.38 Å². The molecule has 2 nitrogen and oxygen atoms in total. The molecule has 0 N–H and O–H groups in total. The Labute approximate surface area is 97.2 Å². The number of benzene rings is 1. The van der Waals surface area contributed by atoms with Crippen LogP contribution in [0, 0.1) is 0 Å². The molecule has 88 valence electrons. The van der Waals surface area contributed by atoms with Gasteiger partial charge in [-0.05, 0) is 12.5 Å². The van der Waals surface area contributed by atoms with Crippen LogP contribution in [0.25, 0.3) is 0 Å². The molecule has 1 aromatic carbocycles. The number of hydrogen-bond acceptors (Lipinski definition) is 2. The van der Waals surface area contributed by atoms with Crippen LogP contribution in [0.3, 0.4) is 0 Å². The Bertz CT molecular complexity index is 354. The zero-order valence-electron chi connectivity index (χ0n) is 8.62. The van der Waals surface area contributed by atoms with Gasteiger partial charge in [0.05, 0.1) is 6.61 Å². The minimum atomic E-state index is -3.72. The van der Waals surface area contributed by atoms with Gasteiger partial charge in [0.15, 0.2) is 0 Å². The van der Waals surface area contributed by atoms with E-state index in [1.807, 2.05) is 0 Å². The van der Waals surface area contributed by atoms with Crippen molar-refractivity contribution in [1.29, 1.82) is 0 Å². The third-order valence-electron chi connectivity index (χ3n) is 1.96. The van der Waals surface area contributed by atoms with Crippen LogP contribution in [0.15, 0.2) is 30.3 Å². The minimum absolute atomic E-state index is 0.104. The van der Waals surface area contributed by atoms with Crippen molar-refractivity contribution in [3.8, 4) is 0 Å². The van der Waals surface area contributed by atoms with Crippen molar-refractivity contribution in [2.45, 2.75) is 18.2 Å². The number of halogens is 3. The molecule has 0 saturated carbocycles. The Morgan fingerprint density at radius 3 is 2.50 bits per heavy atom. The quantitative estimate of drug-likeness (QED) is 0.604. The molecule has 0 aliphatic heterocycles. The molecule has 0 radical (unpaired) electrons. The second-order valence-electron chi connectivity index (χ2n) is 3.12. The van der Waals surface area contributed by atoms with Crippen LogP contribution >= 0.6 is 11.6 Å². The number of alkyl halides is 3. The van der Waals surface area contributed by atoms with E-state index in [0.717, 1.165) is 0 Å². The number of carbonyl (C=O) groups is 1. The molecule has 1 atom stereocenters. The van der Waals surface area contributed by atoms with Crippen molar-refractivity contribution in [3.63, 3.8) is 0 Å². The van der Waals surface area contributed by atoms with Gasteiger partial charge >= 0.3 is 11.9 Å². The van der Waals surface area contributed by atoms with E-state index in [2.05, 4.69) is 4.74 Å². The Hall–Kier alpha value is -1.16. The second-order valence-corrected chi connectivity index (χ2v) is 3.55. The number of ether oxygens (including phenoxy) is 1. The summed E-state index contributed by atoms with van der Waals surface area (Å²) < 4.78 is 31.2. The maximum Gasteiger partial charge on any atom is 0.379 e. The molecular weight excluding hydrogens is 238 g/mol. The van der Waals surface area contributed by atoms with Gasteiger partial charge < -0.3 is 4.74 Å². The van der Waals surface area contributed by atoms with E-state index in [0.29, 0.717) is 0 Å². The van der Waals surface area contributed by atoms with E-state index >= 15 is 0 Å². The molecule has 0 spiro atoms. The van der Waals surface area contributed by atoms with Gasteiger partial charge in [-0.15, -0.1) is 11.6 Å². The van der Waals surface area contributed by atoms with Crippen molar-refractivity contribution < 1.29 is 18.3 Å². The highest BCUT2D eigenvalue weighted by atomic mass is 35.5. The van der Waals surface area contributed by atoms with Gasteiger partial charge in [-0.3, -0.25) is 0 Å². The summed E-state index contributed by atoms with van der Waals surface area (Å²) in [7, 11) is 0. The third-order valence-corrected chi connectivity index (χ3v) is 2.48. The fourth-order valence-electron chi connectivity index (χ4n) is 1.16. The van der Waals surface area contributed by atoms with Crippen molar-refractivity contribution in [3.05, 3.63) is 35.9 Å². The molecular formula is C11H11ClF2O2. The highest BCUT2D eigenvalue weighted by Crippen LogP contribution is 2.37. The van der Waals surface area contributed by atoms with Crippen LogP contribution in [0.2, 0.25) is 0 Å². The monoisotopic (exact) mass is 248 g/mol. The molecule has 0 aliphatic carbocycles. The summed E-state index contributed by atoms with van der Waals surface area (Å²) in [6.07, 6.45) is 0. The summed E-state index contributed by atoms with van der Waals surface area (Å²) in [4.78, 5) is 11.0. The molecule has 1 unspecified atom stereocenters. The summed E-state index contributed by atoms with van der Waals surface area (Å²) in [5.41, 5.74) is 0.183. The molecule has 16 heavy (non-hydrogen) atoms. The predicted molar refractivity (Wildman–Crippen MR) is 56.6 cm³/mol. The minimum Gasteiger partial charge on any atom is -0.462 e. The average molecular weight is 249 g/mol. The van der Waals surface area contributed by atoms with E-state index in [1.54, 1.807) is 18.2 Å². The fourth-order valence-corrected chi connectivity index (χ4v) is 1.40. The molecule has 0 bridgehead atoms. The van der Waals surface area contributed by atoms with Crippen LogP contribution in [0.4, 0.5) is 8.78 Å². The topological polar surface area (TPSA) is 26.3 Å². The Morgan fingerprint density at radius 2 is 2.00 bits per heavy atom. The maximum atomic E-state index is 13.5. The summed E-state index contributed by atoms with van der Waals surface area (Å²) in [6.45, 7) is 1.35. The number of esters is 1. The Morgan fingerprint density at radius 1 is 1.44 bits per heavy atom. The SMILES string of the molecule is CCOC(=O)C(F)(F)C(Cl)c1ccccc1. The lowest BCUT2D eigenvalue weighted by atomic mass is 10.1. The standard InChI is InChI=1S/C11H11ClF2O2/c1-2-16-10(15)11(13,14)9(12)8-6-4-3-5-7-8/h3-7,9H,2H2,1H3. The summed E-state index contributed by atoms with van der Waals surface area (Å²) >= 11 is 5.58. The van der Waals surface area contributed by atoms with Crippen molar-refractivity contribution in [2.24, 2.45) is 0 Å². The zero-order valence-corrected chi connectivity index (χ0v) is 9.38. The molecule has 1 rings (SSSR count). The van der Waals surface area contributed by atoms with Crippen molar-refractivity contribution >= 4 is 17.6 Å². The van der Waals surface area contributed by atoms with Gasteiger partial charge in [0, 0.05) is 0 Å². The van der Waals surface area contributed by atoms with Gasteiger partial charge in [-0.2, -0.15) is 8.78 Å². The van der Waals surface area contributed by atoms with E-state index < -0.39 is 17.3 Å². The van der Waals surface area contributed by atoms with E-state index in [1.165, 1.54) is 19.1 Å². The van der Waals surface area contributed by atoms with Crippen LogP contribution in [0.5, 0.6) is 0 Å². The maximum absolute atomic E-state index is 13.5. The molecule has 0 fully saturated rings. The summed E-state index contributed by atoms with van der Waals surface area (Å²) in [5, 5.41) is -1.72. The smallest absolute Gasteiger partial charge is 0.379 e. The van der Waals surface area contributed by atoms with Crippen molar-refractivity contribution in [2.75, 3.05) is 6.61 Å². The molecule has 0 heterocycles. The normalized spacial score (nSPS) is 13.2. The number of hydrogen-bond donors (Lipinski definition) is 0. The molecule has 0 aromatic heterocycles. The lowest BCUT2D eigenvalue weighted by molar-refractivity contribution is -0.171. The van der Waals surface area contributed by atoms with Gasteiger partial charge in [0.2, 0.25) is 0 Å². The predicted octanol–water partition coefficient (Wildman–Crippen LogP) is 3.16. The van der Waals surface area contributed by atoms with Crippen LogP contribution < -0.4 is 0 Å². The summed E-state index contributed by atoms with van der Waals surface area (Å²) in [6, 6.07) is 7.70. The lowest BCUT2D eigenvalue weighted by Crippen LogP contribution is -2.35. The number of rotatable bonds is 4. The third kappa shape index (κ3) is 2.70. The molecule has 0 saturated heterocycles. The van der Waals surface area contributed by atoms with Crippen LogP contribution in [-0.4, -0.2) is 18.5 Å².